The van der Waals surface area contributed by atoms with E-state index in [1.54, 1.807) is 6.07 Å². The molecule has 2 heterocycles. The van der Waals surface area contributed by atoms with Crippen LogP contribution in [0.1, 0.15) is 5.76 Å². The van der Waals surface area contributed by atoms with Gasteiger partial charge in [0.25, 0.3) is 0 Å². The Bertz CT molecular complexity index is 575. The molecule has 1 aliphatic rings. The quantitative estimate of drug-likeness (QED) is 0.804. The molecular weight excluding hydrogens is 283 g/mol. The molecule has 2 unspecified atom stereocenters. The van der Waals surface area contributed by atoms with Crippen molar-refractivity contribution in [1.29, 1.82) is 0 Å². The van der Waals surface area contributed by atoms with E-state index in [0.29, 0.717) is 18.7 Å². The van der Waals surface area contributed by atoms with Crippen molar-refractivity contribution in [3.8, 4) is 0 Å². The maximum Gasteiger partial charge on any atom is 0.134 e. The van der Waals surface area contributed by atoms with Gasteiger partial charge in [-0.05, 0) is 24.3 Å². The average molecular weight is 301 g/mol. The van der Waals surface area contributed by atoms with E-state index in [1.807, 2.05) is 6.07 Å². The number of halogens is 2. The number of rotatable bonds is 4. The van der Waals surface area contributed by atoms with Crippen molar-refractivity contribution in [1.82, 2.24) is 10.6 Å². The van der Waals surface area contributed by atoms with Crippen LogP contribution in [0.5, 0.6) is 0 Å². The van der Waals surface area contributed by atoms with Crippen molar-refractivity contribution in [2.75, 3.05) is 19.6 Å². The molecule has 0 spiro atoms. The van der Waals surface area contributed by atoms with Gasteiger partial charge in [0.05, 0.1) is 12.6 Å². The predicted octanol–water partition coefficient (Wildman–Crippen LogP) is 1.66. The lowest BCUT2D eigenvalue weighted by Gasteiger charge is -2.13. The highest BCUT2D eigenvalue weighted by atomic mass is 35.5. The van der Waals surface area contributed by atoms with Gasteiger partial charge >= 0.3 is 0 Å². The Hall–Kier alpha value is -1.14. The molecule has 4 nitrogen and oxygen atoms in total. The maximum atomic E-state index is 13.1. The summed E-state index contributed by atoms with van der Waals surface area (Å²) in [6, 6.07) is 6.34. The van der Waals surface area contributed by atoms with Crippen molar-refractivity contribution < 1.29 is 13.9 Å². The fraction of sp³-hybridized carbons (Fsp3) is 0.429. The zero-order valence-electron chi connectivity index (χ0n) is 10.9. The molecule has 1 saturated heterocycles. The Balaban J connectivity index is 0.00000147. The van der Waals surface area contributed by atoms with E-state index in [1.165, 1.54) is 12.1 Å². The first-order valence-electron chi connectivity index (χ1n) is 6.50. The monoisotopic (exact) mass is 300 g/mol. The summed E-state index contributed by atoms with van der Waals surface area (Å²) in [6.45, 7) is 2.81. The van der Waals surface area contributed by atoms with Gasteiger partial charge in [-0.2, -0.15) is 0 Å². The van der Waals surface area contributed by atoms with Crippen molar-refractivity contribution in [2.45, 2.75) is 12.6 Å². The van der Waals surface area contributed by atoms with Crippen LogP contribution in [0.4, 0.5) is 4.39 Å². The molecule has 1 aliphatic heterocycles. The zero-order valence-corrected chi connectivity index (χ0v) is 11.8. The fourth-order valence-corrected chi connectivity index (χ4v) is 2.46. The van der Waals surface area contributed by atoms with Gasteiger partial charge < -0.3 is 20.2 Å². The Kier molecular flexibility index (Phi) is 4.99. The molecule has 20 heavy (non-hydrogen) atoms. The summed E-state index contributed by atoms with van der Waals surface area (Å²) in [5.74, 6) is 0.760. The summed E-state index contributed by atoms with van der Waals surface area (Å²) in [4.78, 5) is 0. The van der Waals surface area contributed by atoms with Crippen molar-refractivity contribution in [2.24, 2.45) is 5.92 Å². The van der Waals surface area contributed by atoms with Crippen LogP contribution in [0.2, 0.25) is 0 Å². The molecule has 1 aromatic carbocycles. The van der Waals surface area contributed by atoms with E-state index in [4.69, 9.17) is 4.42 Å². The van der Waals surface area contributed by atoms with E-state index < -0.39 is 0 Å². The standard InChI is InChI=1S/C14H17FN2O2.ClH/c15-11-1-2-14-9(3-11)4-12(19-14)7-16-5-10-6-17-8-13(10)18;/h1-4,10,13,16-18H,5-8H2;1H. The SMILES string of the molecule is Cl.OC1CNCC1CNCc1cc2cc(F)ccc2o1. The average Bonchev–Trinajstić information content (AvgIpc) is 2.95. The lowest BCUT2D eigenvalue weighted by molar-refractivity contribution is 0.146. The summed E-state index contributed by atoms with van der Waals surface area (Å²) < 4.78 is 18.7. The summed E-state index contributed by atoms with van der Waals surface area (Å²) in [6.07, 6.45) is -0.280. The third-order valence-electron chi connectivity index (χ3n) is 3.54. The van der Waals surface area contributed by atoms with Crippen molar-refractivity contribution in [3.63, 3.8) is 0 Å². The van der Waals surface area contributed by atoms with Crippen LogP contribution in [0, 0.1) is 11.7 Å². The topological polar surface area (TPSA) is 57.4 Å². The molecule has 0 saturated carbocycles. The predicted molar refractivity (Wildman–Crippen MR) is 77.5 cm³/mol. The maximum absolute atomic E-state index is 13.1. The number of furan rings is 1. The number of aliphatic hydroxyl groups is 1. The molecule has 0 bridgehead atoms. The minimum atomic E-state index is -0.280. The number of benzene rings is 1. The summed E-state index contributed by atoms with van der Waals surface area (Å²) in [7, 11) is 0. The van der Waals surface area contributed by atoms with Crippen LogP contribution in [-0.4, -0.2) is 30.8 Å². The van der Waals surface area contributed by atoms with Gasteiger partial charge in [0, 0.05) is 30.9 Å². The lowest BCUT2D eigenvalue weighted by atomic mass is 10.1. The highest BCUT2D eigenvalue weighted by Crippen LogP contribution is 2.20. The zero-order chi connectivity index (χ0) is 13.2. The molecular formula is C14H18ClFN2O2. The number of nitrogens with one attached hydrogen (secondary N) is 2. The summed E-state index contributed by atoms with van der Waals surface area (Å²) in [5.41, 5.74) is 0.695. The lowest BCUT2D eigenvalue weighted by Crippen LogP contribution is -2.30. The molecule has 2 aromatic rings. The molecule has 110 valence electrons. The van der Waals surface area contributed by atoms with Gasteiger partial charge in [-0.15, -0.1) is 12.4 Å². The molecule has 2 atom stereocenters. The first-order valence-corrected chi connectivity index (χ1v) is 6.50. The highest BCUT2D eigenvalue weighted by Gasteiger charge is 2.24. The minimum absolute atomic E-state index is 0. The smallest absolute Gasteiger partial charge is 0.134 e. The molecule has 1 aromatic heterocycles. The largest absolute Gasteiger partial charge is 0.460 e. The Morgan fingerprint density at radius 3 is 2.95 bits per heavy atom. The molecule has 3 N–H and O–H groups in total. The van der Waals surface area contributed by atoms with E-state index in [9.17, 15) is 9.50 Å². The third kappa shape index (κ3) is 3.30. The number of β-amino-alcohol motifs (C(OH)–C–C–N with tert-alkyl or cyclic N) is 1. The van der Waals surface area contributed by atoms with E-state index in [-0.39, 0.29) is 30.2 Å². The van der Waals surface area contributed by atoms with E-state index >= 15 is 0 Å². The molecule has 0 amide bonds. The molecule has 0 aliphatic carbocycles. The highest BCUT2D eigenvalue weighted by molar-refractivity contribution is 5.85. The first kappa shape index (κ1) is 15.3. The van der Waals surface area contributed by atoms with Crippen LogP contribution >= 0.6 is 12.4 Å². The first-order chi connectivity index (χ1) is 9.22. The van der Waals surface area contributed by atoms with Crippen molar-refractivity contribution >= 4 is 23.4 Å². The van der Waals surface area contributed by atoms with Gasteiger partial charge in [-0.25, -0.2) is 4.39 Å². The van der Waals surface area contributed by atoms with Crippen molar-refractivity contribution in [3.05, 3.63) is 35.8 Å². The van der Waals surface area contributed by atoms with Crippen LogP contribution in [0.3, 0.4) is 0 Å². The normalized spacial score (nSPS) is 22.1. The van der Waals surface area contributed by atoms with E-state index in [0.717, 1.165) is 24.2 Å². The van der Waals surface area contributed by atoms with Crippen LogP contribution < -0.4 is 10.6 Å². The second kappa shape index (κ2) is 6.54. The van der Waals surface area contributed by atoms with Gasteiger partial charge in [0.15, 0.2) is 0 Å². The van der Waals surface area contributed by atoms with Crippen LogP contribution in [0.15, 0.2) is 28.7 Å². The molecule has 1 fully saturated rings. The second-order valence-electron chi connectivity index (χ2n) is 5.01. The van der Waals surface area contributed by atoms with Crippen LogP contribution in [-0.2, 0) is 6.54 Å². The number of hydrogen-bond acceptors (Lipinski definition) is 4. The molecule has 6 heteroatoms. The number of aliphatic hydroxyl groups excluding tert-OH is 1. The summed E-state index contributed by atoms with van der Waals surface area (Å²) >= 11 is 0. The number of fused-ring (bicyclic) bond motifs is 1. The molecule has 0 radical (unpaired) electrons. The Morgan fingerprint density at radius 1 is 1.35 bits per heavy atom. The second-order valence-corrected chi connectivity index (χ2v) is 5.01. The Labute approximate surface area is 122 Å². The van der Waals surface area contributed by atoms with Crippen LogP contribution in [0.25, 0.3) is 11.0 Å². The van der Waals surface area contributed by atoms with Gasteiger partial charge in [0.2, 0.25) is 0 Å². The van der Waals surface area contributed by atoms with Gasteiger partial charge in [0.1, 0.15) is 17.2 Å². The van der Waals surface area contributed by atoms with E-state index in [2.05, 4.69) is 10.6 Å². The number of hydrogen-bond donors (Lipinski definition) is 3. The molecule has 3 rings (SSSR count). The fourth-order valence-electron chi connectivity index (χ4n) is 2.46. The summed E-state index contributed by atoms with van der Waals surface area (Å²) in [5, 5.41) is 16.8. The van der Waals surface area contributed by atoms with Gasteiger partial charge in [-0.1, -0.05) is 0 Å². The third-order valence-corrected chi connectivity index (χ3v) is 3.54. The Morgan fingerprint density at radius 2 is 2.20 bits per heavy atom. The van der Waals surface area contributed by atoms with Gasteiger partial charge in [-0.3, -0.25) is 0 Å². The minimum Gasteiger partial charge on any atom is -0.460 e.